The van der Waals surface area contributed by atoms with Gasteiger partial charge in [0.05, 0.1) is 5.69 Å². The molecule has 2 atom stereocenters. The summed E-state index contributed by atoms with van der Waals surface area (Å²) in [5, 5.41) is 6.10. The topological polar surface area (TPSA) is 45.1 Å². The Kier molecular flexibility index (Phi) is 4.56. The molecule has 160 valence electrons. The van der Waals surface area contributed by atoms with Crippen molar-refractivity contribution in [1.29, 1.82) is 0 Å². The van der Waals surface area contributed by atoms with E-state index in [1.165, 1.54) is 42.3 Å². The summed E-state index contributed by atoms with van der Waals surface area (Å²) in [5.41, 5.74) is 5.08. The fraction of sp³-hybridized carbons (Fsp3) is 0.400. The zero-order valence-electron chi connectivity index (χ0n) is 17.3. The normalized spacial score (nSPS) is 21.1. The smallest absolute Gasteiger partial charge is 0.170 e. The minimum Gasteiger partial charge on any atom is -0.358 e. The standard InChI is InChI=1S/C25H25F2N3O/c26-15-8-10-20-19(12-15)25-22(28-20)14-17-4-3-6-23(25)30(17)11-2-1-5-21-18-9-7-16(27)13-24(18)31-29-21/h7-10,12-13,17,23,28H,1-6,11,14H2/t17-,23+/m0/s1. The molecule has 0 radical (unpaired) electrons. The first kappa shape index (κ1) is 19.0. The third-order valence-corrected chi connectivity index (χ3v) is 7.13. The summed E-state index contributed by atoms with van der Waals surface area (Å²) < 4.78 is 32.6. The van der Waals surface area contributed by atoms with E-state index in [1.807, 2.05) is 6.07 Å². The van der Waals surface area contributed by atoms with Gasteiger partial charge in [-0.05, 0) is 81.0 Å². The molecule has 4 heterocycles. The SMILES string of the molecule is Fc1ccc2c(CCCCN3[C@H]4CCC[C@@H]3c3c([nH]c5ccc(F)cc35)C4)noc2c1. The van der Waals surface area contributed by atoms with Gasteiger partial charge < -0.3 is 9.51 Å². The lowest BCUT2D eigenvalue weighted by molar-refractivity contribution is 0.0676. The Bertz CT molecular complexity index is 1260. The molecule has 4 aromatic rings. The Morgan fingerprint density at radius 1 is 1.03 bits per heavy atom. The molecule has 2 aromatic heterocycles. The second-order valence-corrected chi connectivity index (χ2v) is 8.98. The zero-order chi connectivity index (χ0) is 20.9. The van der Waals surface area contributed by atoms with Crippen molar-refractivity contribution in [2.24, 2.45) is 0 Å². The molecule has 0 spiro atoms. The van der Waals surface area contributed by atoms with Crippen molar-refractivity contribution in [2.45, 2.75) is 57.0 Å². The van der Waals surface area contributed by atoms with Crippen LogP contribution in [0.2, 0.25) is 0 Å². The van der Waals surface area contributed by atoms with E-state index in [-0.39, 0.29) is 11.6 Å². The molecule has 0 amide bonds. The van der Waals surface area contributed by atoms with Crippen LogP contribution in [0.3, 0.4) is 0 Å². The largest absolute Gasteiger partial charge is 0.358 e. The minimum atomic E-state index is -0.302. The van der Waals surface area contributed by atoms with Crippen LogP contribution in [0.15, 0.2) is 40.9 Å². The van der Waals surface area contributed by atoms with Gasteiger partial charge >= 0.3 is 0 Å². The zero-order valence-corrected chi connectivity index (χ0v) is 17.3. The Morgan fingerprint density at radius 2 is 1.90 bits per heavy atom. The van der Waals surface area contributed by atoms with Crippen LogP contribution in [-0.4, -0.2) is 27.6 Å². The molecule has 2 aliphatic rings. The first-order chi connectivity index (χ1) is 15.2. The van der Waals surface area contributed by atoms with E-state index in [0.29, 0.717) is 17.7 Å². The van der Waals surface area contributed by atoms with Gasteiger partial charge in [0.15, 0.2) is 5.58 Å². The van der Waals surface area contributed by atoms with Gasteiger partial charge in [-0.1, -0.05) is 5.16 Å². The van der Waals surface area contributed by atoms with Gasteiger partial charge in [-0.3, -0.25) is 4.90 Å². The van der Waals surface area contributed by atoms with Crippen LogP contribution in [0.25, 0.3) is 21.9 Å². The fourth-order valence-corrected chi connectivity index (χ4v) is 5.75. The first-order valence-electron chi connectivity index (χ1n) is 11.3. The molecule has 2 aliphatic heterocycles. The van der Waals surface area contributed by atoms with Crippen molar-refractivity contribution >= 4 is 21.9 Å². The second-order valence-electron chi connectivity index (χ2n) is 8.98. The average Bonchev–Trinajstić information content (AvgIpc) is 3.31. The fourth-order valence-electron chi connectivity index (χ4n) is 5.75. The number of hydrogen-bond acceptors (Lipinski definition) is 3. The van der Waals surface area contributed by atoms with E-state index < -0.39 is 0 Å². The lowest BCUT2D eigenvalue weighted by atomic mass is 9.82. The number of piperidine rings is 1. The van der Waals surface area contributed by atoms with Gasteiger partial charge in [-0.25, -0.2) is 8.78 Å². The van der Waals surface area contributed by atoms with Gasteiger partial charge in [0.2, 0.25) is 0 Å². The Labute approximate surface area is 179 Å². The number of hydrogen-bond donors (Lipinski definition) is 1. The highest BCUT2D eigenvalue weighted by Crippen LogP contribution is 2.45. The maximum Gasteiger partial charge on any atom is 0.170 e. The van der Waals surface area contributed by atoms with E-state index in [9.17, 15) is 8.78 Å². The summed E-state index contributed by atoms with van der Waals surface area (Å²) in [6, 6.07) is 10.6. The molecule has 0 unspecified atom stereocenters. The third-order valence-electron chi connectivity index (χ3n) is 7.13. The van der Waals surface area contributed by atoms with Crippen LogP contribution in [0.4, 0.5) is 8.78 Å². The summed E-state index contributed by atoms with van der Waals surface area (Å²) in [6.45, 7) is 1.03. The van der Waals surface area contributed by atoms with Crippen LogP contribution in [0, 0.1) is 11.6 Å². The molecular weight excluding hydrogens is 396 g/mol. The van der Waals surface area contributed by atoms with Crippen molar-refractivity contribution in [1.82, 2.24) is 15.0 Å². The number of unbranched alkanes of at least 4 members (excludes halogenated alkanes) is 1. The Balaban J connectivity index is 1.18. The molecule has 2 bridgehead atoms. The highest BCUT2D eigenvalue weighted by atomic mass is 19.1. The highest BCUT2D eigenvalue weighted by molar-refractivity contribution is 5.85. The quantitative estimate of drug-likeness (QED) is 0.398. The number of aromatic nitrogens is 2. The van der Waals surface area contributed by atoms with E-state index in [0.717, 1.165) is 60.6 Å². The van der Waals surface area contributed by atoms with Crippen LogP contribution in [0.1, 0.15) is 55.1 Å². The van der Waals surface area contributed by atoms with Gasteiger partial charge in [0.1, 0.15) is 11.6 Å². The minimum absolute atomic E-state index is 0.168. The number of nitrogens with zero attached hydrogens (tertiary/aromatic N) is 2. The van der Waals surface area contributed by atoms with Crippen molar-refractivity contribution in [2.75, 3.05) is 6.54 Å². The number of aryl methyl sites for hydroxylation is 1. The van der Waals surface area contributed by atoms with Crippen molar-refractivity contribution in [3.63, 3.8) is 0 Å². The maximum atomic E-state index is 14.0. The van der Waals surface area contributed by atoms with Gasteiger partial charge in [0, 0.05) is 46.6 Å². The predicted octanol–water partition coefficient (Wildman–Crippen LogP) is 6.06. The number of fused-ring (bicyclic) bond motifs is 7. The van der Waals surface area contributed by atoms with Crippen molar-refractivity contribution < 1.29 is 13.3 Å². The molecule has 6 rings (SSSR count). The summed E-state index contributed by atoms with van der Waals surface area (Å²) in [4.78, 5) is 6.21. The number of aromatic amines is 1. The molecule has 1 fully saturated rings. The predicted molar refractivity (Wildman–Crippen MR) is 116 cm³/mol. The van der Waals surface area contributed by atoms with Crippen LogP contribution in [0.5, 0.6) is 0 Å². The average molecular weight is 421 g/mol. The van der Waals surface area contributed by atoms with E-state index in [4.69, 9.17) is 4.52 Å². The monoisotopic (exact) mass is 421 g/mol. The summed E-state index contributed by atoms with van der Waals surface area (Å²) >= 11 is 0. The summed E-state index contributed by atoms with van der Waals surface area (Å²) in [5.74, 6) is -0.470. The number of nitrogens with one attached hydrogen (secondary N) is 1. The van der Waals surface area contributed by atoms with Gasteiger partial charge in [-0.2, -0.15) is 0 Å². The summed E-state index contributed by atoms with van der Waals surface area (Å²) in [7, 11) is 0. The number of rotatable bonds is 5. The van der Waals surface area contributed by atoms with Crippen molar-refractivity contribution in [3.05, 3.63) is 65.0 Å². The molecule has 31 heavy (non-hydrogen) atoms. The molecule has 2 aromatic carbocycles. The Hall–Kier alpha value is -2.73. The van der Waals surface area contributed by atoms with E-state index in [2.05, 4.69) is 15.0 Å². The lowest BCUT2D eigenvalue weighted by Gasteiger charge is -2.46. The first-order valence-corrected chi connectivity index (χ1v) is 11.3. The molecule has 0 saturated carbocycles. The second kappa shape index (κ2) is 7.45. The van der Waals surface area contributed by atoms with Crippen LogP contribution < -0.4 is 0 Å². The van der Waals surface area contributed by atoms with Gasteiger partial charge in [0.25, 0.3) is 0 Å². The molecule has 4 nitrogen and oxygen atoms in total. The Morgan fingerprint density at radius 3 is 2.84 bits per heavy atom. The molecule has 6 heteroatoms. The number of benzene rings is 2. The van der Waals surface area contributed by atoms with E-state index in [1.54, 1.807) is 12.1 Å². The van der Waals surface area contributed by atoms with Crippen LogP contribution in [-0.2, 0) is 12.8 Å². The molecule has 1 N–H and O–H groups in total. The summed E-state index contributed by atoms with van der Waals surface area (Å²) in [6.07, 6.45) is 7.49. The maximum absolute atomic E-state index is 14.0. The van der Waals surface area contributed by atoms with E-state index >= 15 is 0 Å². The lowest BCUT2D eigenvalue weighted by Crippen LogP contribution is -2.46. The number of H-pyrrole nitrogens is 1. The molecule has 1 saturated heterocycles. The van der Waals surface area contributed by atoms with Crippen LogP contribution >= 0.6 is 0 Å². The number of halogens is 2. The third kappa shape index (κ3) is 3.24. The molecular formula is C25H25F2N3O. The van der Waals surface area contributed by atoms with Gasteiger partial charge in [-0.15, -0.1) is 0 Å². The molecule has 0 aliphatic carbocycles. The highest BCUT2D eigenvalue weighted by Gasteiger charge is 2.38. The van der Waals surface area contributed by atoms with Crippen molar-refractivity contribution in [3.8, 4) is 0 Å².